The molecule has 8 nitrogen and oxygen atoms in total. The third-order valence-corrected chi connectivity index (χ3v) is 8.67. The third kappa shape index (κ3) is 4.99. The number of amides is 1. The number of anilines is 1. The van der Waals surface area contributed by atoms with Gasteiger partial charge in [0, 0.05) is 43.9 Å². The van der Waals surface area contributed by atoms with E-state index in [1.54, 1.807) is 22.7 Å². The molecule has 0 saturated carbocycles. The number of furan rings is 1. The zero-order chi connectivity index (χ0) is 29.3. The van der Waals surface area contributed by atoms with Crippen molar-refractivity contribution in [2.75, 3.05) is 38.2 Å². The normalized spacial score (nSPS) is 15.2. The van der Waals surface area contributed by atoms with E-state index in [0.717, 1.165) is 35.3 Å². The highest BCUT2D eigenvalue weighted by molar-refractivity contribution is 7.07. The average Bonchev–Trinajstić information content (AvgIpc) is 3.56. The van der Waals surface area contributed by atoms with Crippen molar-refractivity contribution in [2.45, 2.75) is 40.7 Å². The fourth-order valence-corrected chi connectivity index (χ4v) is 6.57. The van der Waals surface area contributed by atoms with E-state index in [-0.39, 0.29) is 11.5 Å². The maximum absolute atomic E-state index is 14.2. The summed E-state index contributed by atoms with van der Waals surface area (Å²) in [6, 6.07) is 14.9. The second-order valence-corrected chi connectivity index (χ2v) is 10.8. The van der Waals surface area contributed by atoms with Crippen molar-refractivity contribution in [1.82, 2.24) is 9.47 Å². The molecule has 1 aliphatic heterocycles. The number of thiazole rings is 1. The molecule has 2 aromatic heterocycles. The molecule has 0 fully saturated rings. The molecule has 3 heterocycles. The lowest BCUT2D eigenvalue weighted by Gasteiger charge is -2.30. The van der Waals surface area contributed by atoms with Gasteiger partial charge in [0.05, 0.1) is 22.9 Å². The molecule has 1 amide bonds. The Labute approximate surface area is 243 Å². The monoisotopic (exact) mass is 572 g/mol. The van der Waals surface area contributed by atoms with Crippen LogP contribution in [0.1, 0.15) is 52.0 Å². The van der Waals surface area contributed by atoms with Crippen LogP contribution in [-0.2, 0) is 4.79 Å². The maximum atomic E-state index is 14.2. The summed E-state index contributed by atoms with van der Waals surface area (Å²) in [6.07, 6.45) is 1.76. The first-order valence-corrected chi connectivity index (χ1v) is 14.9. The van der Waals surface area contributed by atoms with Crippen LogP contribution in [0.25, 0.3) is 16.8 Å². The van der Waals surface area contributed by atoms with Crippen molar-refractivity contribution in [3.05, 3.63) is 90.8 Å². The zero-order valence-electron chi connectivity index (χ0n) is 24.4. The quantitative estimate of drug-likeness (QED) is 0.290. The first-order valence-electron chi connectivity index (χ1n) is 14.1. The first-order chi connectivity index (χ1) is 19.9. The molecule has 0 N–H and O–H groups in total. The van der Waals surface area contributed by atoms with Gasteiger partial charge in [-0.15, -0.1) is 0 Å². The Morgan fingerprint density at radius 1 is 1.05 bits per heavy atom. The van der Waals surface area contributed by atoms with Gasteiger partial charge in [0.2, 0.25) is 0 Å². The highest BCUT2D eigenvalue weighted by Crippen LogP contribution is 2.40. The number of aromatic nitrogens is 1. The topological polar surface area (TPSA) is 80.3 Å². The summed E-state index contributed by atoms with van der Waals surface area (Å²) in [5.41, 5.74) is 1.61. The SMILES string of the molecule is CCN(CC)C(=O)C1=C(C)N=c2s/c(=C/c3ccc(N(CC)CC)o3)c(=O)n2[C@@H]1c1c(OC)ccc2ccccc12. The van der Waals surface area contributed by atoms with Gasteiger partial charge in [-0.2, -0.15) is 0 Å². The van der Waals surface area contributed by atoms with Crippen molar-refractivity contribution in [3.8, 4) is 5.75 Å². The predicted octanol–water partition coefficient (Wildman–Crippen LogP) is 4.70. The standard InChI is InChI=1S/C32H36N4O4S/c1-7-34(8-2)26-18-16-22(40-26)19-25-30(37)36-29(28-23-14-12-11-13-21(23)15-17-24(28)39-6)27(20(5)33-32(36)41-25)31(38)35(9-3)10-4/h11-19,29H,7-10H2,1-6H3/b25-19+/t29-/m0/s1. The second kappa shape index (κ2) is 11.8. The number of hydrogen-bond donors (Lipinski definition) is 0. The fourth-order valence-electron chi connectivity index (χ4n) is 5.54. The zero-order valence-corrected chi connectivity index (χ0v) is 25.2. The number of hydrogen-bond acceptors (Lipinski definition) is 7. The minimum Gasteiger partial charge on any atom is -0.496 e. The van der Waals surface area contributed by atoms with E-state index in [4.69, 9.17) is 14.1 Å². The Hall–Kier alpha value is -4.11. The lowest BCUT2D eigenvalue weighted by Crippen LogP contribution is -2.43. The molecule has 5 rings (SSSR count). The van der Waals surface area contributed by atoms with Gasteiger partial charge >= 0.3 is 0 Å². The van der Waals surface area contributed by atoms with Gasteiger partial charge < -0.3 is 19.0 Å². The lowest BCUT2D eigenvalue weighted by atomic mass is 9.90. The summed E-state index contributed by atoms with van der Waals surface area (Å²) < 4.78 is 14.1. The molecule has 4 aromatic rings. The average molecular weight is 573 g/mol. The second-order valence-electron chi connectivity index (χ2n) is 9.81. The third-order valence-electron chi connectivity index (χ3n) is 7.69. The summed E-state index contributed by atoms with van der Waals surface area (Å²) >= 11 is 1.30. The molecule has 0 aliphatic carbocycles. The van der Waals surface area contributed by atoms with Gasteiger partial charge in [-0.25, -0.2) is 4.99 Å². The molecule has 0 unspecified atom stereocenters. The molecule has 214 valence electrons. The van der Waals surface area contributed by atoms with E-state index < -0.39 is 6.04 Å². The van der Waals surface area contributed by atoms with Gasteiger partial charge in [0.15, 0.2) is 10.7 Å². The molecular weight excluding hydrogens is 536 g/mol. The molecule has 1 aliphatic rings. The van der Waals surface area contributed by atoms with Crippen LogP contribution in [0.3, 0.4) is 0 Å². The number of methoxy groups -OCH3 is 1. The minimum atomic E-state index is -0.717. The number of fused-ring (bicyclic) bond motifs is 2. The fraction of sp³-hybridized carbons (Fsp3) is 0.344. The van der Waals surface area contributed by atoms with Crippen LogP contribution in [0.4, 0.5) is 5.88 Å². The van der Waals surface area contributed by atoms with Gasteiger partial charge in [0.1, 0.15) is 17.6 Å². The minimum absolute atomic E-state index is 0.139. The number of likely N-dealkylation sites (N-methyl/N-ethyl adjacent to an activating group) is 1. The highest BCUT2D eigenvalue weighted by Gasteiger charge is 2.36. The van der Waals surface area contributed by atoms with Crippen LogP contribution in [0.2, 0.25) is 0 Å². The largest absolute Gasteiger partial charge is 0.496 e. The maximum Gasteiger partial charge on any atom is 0.271 e. The number of carbonyl (C=O) groups excluding carboxylic acids is 1. The van der Waals surface area contributed by atoms with Crippen molar-refractivity contribution >= 4 is 40.0 Å². The van der Waals surface area contributed by atoms with Gasteiger partial charge in [-0.05, 0) is 57.5 Å². The van der Waals surface area contributed by atoms with Crippen LogP contribution in [0, 0.1) is 0 Å². The van der Waals surface area contributed by atoms with Crippen LogP contribution < -0.4 is 24.5 Å². The lowest BCUT2D eigenvalue weighted by molar-refractivity contribution is -0.127. The van der Waals surface area contributed by atoms with E-state index in [9.17, 15) is 9.59 Å². The molecule has 0 bridgehead atoms. The van der Waals surface area contributed by atoms with Gasteiger partial charge in [-0.1, -0.05) is 41.7 Å². The van der Waals surface area contributed by atoms with Crippen molar-refractivity contribution < 1.29 is 13.9 Å². The molecule has 0 spiro atoms. The van der Waals surface area contributed by atoms with Crippen LogP contribution in [0.5, 0.6) is 5.75 Å². The Bertz CT molecular complexity index is 1800. The van der Waals surface area contributed by atoms with E-state index in [1.807, 2.05) is 69.3 Å². The predicted molar refractivity (Wildman–Crippen MR) is 164 cm³/mol. The van der Waals surface area contributed by atoms with Crippen LogP contribution in [-0.4, -0.2) is 48.7 Å². The Morgan fingerprint density at radius 2 is 1.78 bits per heavy atom. The number of nitrogens with zero attached hydrogens (tertiary/aromatic N) is 4. The van der Waals surface area contributed by atoms with E-state index in [0.29, 0.717) is 45.2 Å². The summed E-state index contributed by atoms with van der Waals surface area (Å²) in [5.74, 6) is 1.82. The summed E-state index contributed by atoms with van der Waals surface area (Å²) in [5, 5.41) is 1.91. The molecular formula is C32H36N4O4S. The van der Waals surface area contributed by atoms with Gasteiger partial charge in [-0.3, -0.25) is 14.2 Å². The highest BCUT2D eigenvalue weighted by atomic mass is 32.1. The van der Waals surface area contributed by atoms with E-state index in [1.165, 1.54) is 11.3 Å². The number of benzene rings is 2. The number of ether oxygens (including phenoxy) is 1. The summed E-state index contributed by atoms with van der Waals surface area (Å²) in [7, 11) is 1.62. The Morgan fingerprint density at radius 3 is 2.46 bits per heavy atom. The van der Waals surface area contributed by atoms with Crippen LogP contribution in [0.15, 0.2) is 74.0 Å². The molecule has 41 heavy (non-hydrogen) atoms. The van der Waals surface area contributed by atoms with E-state index >= 15 is 0 Å². The van der Waals surface area contributed by atoms with Crippen LogP contribution >= 0.6 is 11.3 Å². The molecule has 1 atom stereocenters. The van der Waals surface area contributed by atoms with E-state index in [2.05, 4.69) is 18.7 Å². The van der Waals surface area contributed by atoms with Gasteiger partial charge in [0.25, 0.3) is 11.5 Å². The number of carbonyl (C=O) groups is 1. The molecule has 0 saturated heterocycles. The Balaban J connectivity index is 1.79. The Kier molecular flexibility index (Phi) is 8.17. The molecule has 9 heteroatoms. The summed E-state index contributed by atoms with van der Waals surface area (Å²) in [6.45, 7) is 12.6. The number of rotatable bonds is 9. The van der Waals surface area contributed by atoms with Crippen molar-refractivity contribution in [2.24, 2.45) is 4.99 Å². The smallest absolute Gasteiger partial charge is 0.271 e. The first kappa shape index (κ1) is 28.4. The number of allylic oxidation sites excluding steroid dienone is 1. The molecule has 2 aromatic carbocycles. The molecule has 0 radical (unpaired) electrons. The summed E-state index contributed by atoms with van der Waals surface area (Å²) in [4.78, 5) is 37.5. The van der Waals surface area contributed by atoms with Crippen molar-refractivity contribution in [1.29, 1.82) is 0 Å². The van der Waals surface area contributed by atoms with Crippen molar-refractivity contribution in [3.63, 3.8) is 0 Å².